The second kappa shape index (κ2) is 4.45. The number of amides is 2. The Balaban J connectivity index is 1.80. The van der Waals surface area contributed by atoms with Crippen LogP contribution in [0.15, 0.2) is 6.07 Å². The summed E-state index contributed by atoms with van der Waals surface area (Å²) in [6.07, 6.45) is 0. The number of carbonyl (C=O) groups is 1. The van der Waals surface area contributed by atoms with E-state index in [1.807, 2.05) is 4.90 Å². The average Bonchev–Trinajstić information content (AvgIpc) is 2.79. The van der Waals surface area contributed by atoms with E-state index in [1.54, 1.807) is 13.2 Å². The number of piperazine rings is 1. The Bertz CT molecular complexity index is 508. The minimum atomic E-state index is 0.0180. The fraction of sp³-hybridized carbons (Fsp3) is 0.545. The lowest BCUT2D eigenvalue weighted by atomic mass is 10.2. The summed E-state index contributed by atoms with van der Waals surface area (Å²) < 4.78 is 5.10. The smallest absolute Gasteiger partial charge is 0.317 e. The van der Waals surface area contributed by atoms with E-state index in [0.29, 0.717) is 19.0 Å². The zero-order valence-electron chi connectivity index (χ0n) is 10.7. The van der Waals surface area contributed by atoms with Crippen molar-refractivity contribution in [3.05, 3.63) is 6.07 Å². The molecule has 0 aliphatic carbocycles. The number of nitrogens with zero attached hydrogens (tertiary/aromatic N) is 4. The minimum Gasteiger partial charge on any atom is -0.481 e. The highest BCUT2D eigenvalue weighted by Gasteiger charge is 2.35. The summed E-state index contributed by atoms with van der Waals surface area (Å²) in [6.45, 7) is 2.82. The van der Waals surface area contributed by atoms with Gasteiger partial charge in [0.1, 0.15) is 5.82 Å². The fourth-order valence-corrected chi connectivity index (χ4v) is 2.51. The summed E-state index contributed by atoms with van der Waals surface area (Å²) in [6, 6.07) is 1.96. The van der Waals surface area contributed by atoms with Crippen molar-refractivity contribution in [2.75, 3.05) is 43.9 Å². The van der Waals surface area contributed by atoms with Crippen LogP contribution in [0.25, 0.3) is 0 Å². The van der Waals surface area contributed by atoms with Gasteiger partial charge in [0.25, 0.3) is 0 Å². The molecule has 0 aromatic carbocycles. The molecule has 0 saturated carbocycles. The van der Waals surface area contributed by atoms with E-state index in [0.717, 1.165) is 18.9 Å². The van der Waals surface area contributed by atoms with E-state index in [2.05, 4.69) is 20.2 Å². The summed E-state index contributed by atoms with van der Waals surface area (Å²) in [5.41, 5.74) is 5.66. The molecule has 1 unspecified atom stereocenters. The Hall–Kier alpha value is -2.25. The van der Waals surface area contributed by atoms with Crippen LogP contribution in [0, 0.1) is 0 Å². The zero-order chi connectivity index (χ0) is 13.4. The highest BCUT2D eigenvalue weighted by Crippen LogP contribution is 2.22. The molecule has 2 aliphatic rings. The number of nitrogens with one attached hydrogen (secondary N) is 1. The highest BCUT2D eigenvalue weighted by atomic mass is 16.5. The normalized spacial score (nSPS) is 22.2. The van der Waals surface area contributed by atoms with Gasteiger partial charge < -0.3 is 25.6 Å². The molecule has 102 valence electrons. The van der Waals surface area contributed by atoms with Crippen molar-refractivity contribution in [2.24, 2.45) is 0 Å². The summed E-state index contributed by atoms with van der Waals surface area (Å²) in [5.74, 6) is 1.38. The topological polar surface area (TPSA) is 96.6 Å². The monoisotopic (exact) mass is 264 g/mol. The standard InChI is InChI=1S/C11H16N6O2/c1-19-9-4-8(14-10(12)15-9)16-2-3-17-7(6-16)5-13-11(17)18/h4,7H,2-3,5-6H2,1H3,(H,13,18)(H2,12,14,15). The molecular weight excluding hydrogens is 248 g/mol. The second-order valence-corrected chi connectivity index (χ2v) is 4.61. The maximum Gasteiger partial charge on any atom is 0.317 e. The number of methoxy groups -OCH3 is 1. The van der Waals surface area contributed by atoms with Gasteiger partial charge in [0.05, 0.1) is 13.2 Å². The first-order valence-corrected chi connectivity index (χ1v) is 6.15. The number of rotatable bonds is 2. The Labute approximate surface area is 110 Å². The molecule has 3 rings (SSSR count). The van der Waals surface area contributed by atoms with Crippen molar-refractivity contribution >= 4 is 17.8 Å². The molecule has 2 fully saturated rings. The van der Waals surface area contributed by atoms with E-state index in [1.165, 1.54) is 0 Å². The molecule has 0 spiro atoms. The third-order valence-electron chi connectivity index (χ3n) is 3.47. The predicted octanol–water partition coefficient (Wildman–Crippen LogP) is -0.719. The van der Waals surface area contributed by atoms with Crippen molar-refractivity contribution in [1.82, 2.24) is 20.2 Å². The van der Waals surface area contributed by atoms with E-state index < -0.39 is 0 Å². The van der Waals surface area contributed by atoms with Gasteiger partial charge in [0.2, 0.25) is 11.8 Å². The van der Waals surface area contributed by atoms with E-state index >= 15 is 0 Å². The number of aromatic nitrogens is 2. The molecule has 8 heteroatoms. The Kier molecular flexibility index (Phi) is 2.77. The number of carbonyl (C=O) groups excluding carboxylic acids is 1. The first-order chi connectivity index (χ1) is 9.17. The number of ether oxygens (including phenoxy) is 1. The van der Waals surface area contributed by atoms with E-state index in [9.17, 15) is 4.79 Å². The molecule has 3 heterocycles. The quantitative estimate of drug-likeness (QED) is 0.732. The SMILES string of the molecule is COc1cc(N2CCN3C(=O)NCC3C2)nc(N)n1. The lowest BCUT2D eigenvalue weighted by Crippen LogP contribution is -2.52. The molecule has 1 atom stereocenters. The summed E-state index contributed by atoms with van der Waals surface area (Å²) >= 11 is 0. The van der Waals surface area contributed by atoms with Crippen LogP contribution in [0.5, 0.6) is 5.88 Å². The van der Waals surface area contributed by atoms with Gasteiger partial charge in [0.15, 0.2) is 0 Å². The summed E-state index contributed by atoms with van der Waals surface area (Å²) in [4.78, 5) is 23.7. The number of fused-ring (bicyclic) bond motifs is 1. The molecule has 2 amide bonds. The number of hydrogen-bond acceptors (Lipinski definition) is 6. The van der Waals surface area contributed by atoms with Crippen LogP contribution in [0.2, 0.25) is 0 Å². The number of nitrogens with two attached hydrogens (primary N) is 1. The highest BCUT2D eigenvalue weighted by molar-refractivity contribution is 5.77. The molecule has 8 nitrogen and oxygen atoms in total. The van der Waals surface area contributed by atoms with Gasteiger partial charge in [-0.25, -0.2) is 4.79 Å². The molecule has 19 heavy (non-hydrogen) atoms. The van der Waals surface area contributed by atoms with Crippen molar-refractivity contribution in [1.29, 1.82) is 0 Å². The Morgan fingerprint density at radius 1 is 1.47 bits per heavy atom. The lowest BCUT2D eigenvalue weighted by molar-refractivity contribution is 0.197. The molecule has 3 N–H and O–H groups in total. The first-order valence-electron chi connectivity index (χ1n) is 6.15. The number of hydrogen-bond donors (Lipinski definition) is 2. The van der Waals surface area contributed by atoms with Crippen molar-refractivity contribution in [3.63, 3.8) is 0 Å². The molecule has 2 saturated heterocycles. The van der Waals surface area contributed by atoms with Gasteiger partial charge in [0, 0.05) is 32.2 Å². The molecule has 0 bridgehead atoms. The molecule has 2 aliphatic heterocycles. The Morgan fingerprint density at radius 2 is 2.32 bits per heavy atom. The van der Waals surface area contributed by atoms with Gasteiger partial charge in [-0.1, -0.05) is 0 Å². The van der Waals surface area contributed by atoms with Crippen LogP contribution in [-0.4, -0.2) is 60.2 Å². The first kappa shape index (κ1) is 11.8. The van der Waals surface area contributed by atoms with Crippen LogP contribution in [0.1, 0.15) is 0 Å². The number of anilines is 2. The van der Waals surface area contributed by atoms with Crippen LogP contribution < -0.4 is 20.7 Å². The van der Waals surface area contributed by atoms with E-state index in [-0.39, 0.29) is 18.0 Å². The maximum atomic E-state index is 11.5. The van der Waals surface area contributed by atoms with Gasteiger partial charge in [-0.3, -0.25) is 0 Å². The van der Waals surface area contributed by atoms with E-state index in [4.69, 9.17) is 10.5 Å². The molecule has 0 radical (unpaired) electrons. The third kappa shape index (κ3) is 2.09. The van der Waals surface area contributed by atoms with Crippen molar-refractivity contribution in [3.8, 4) is 5.88 Å². The van der Waals surface area contributed by atoms with Crippen molar-refractivity contribution < 1.29 is 9.53 Å². The van der Waals surface area contributed by atoms with Crippen LogP contribution in [0.4, 0.5) is 16.6 Å². The number of urea groups is 1. The molecule has 1 aromatic heterocycles. The average molecular weight is 264 g/mol. The largest absolute Gasteiger partial charge is 0.481 e. The van der Waals surface area contributed by atoms with Gasteiger partial charge in [-0.05, 0) is 0 Å². The van der Waals surface area contributed by atoms with Crippen molar-refractivity contribution in [2.45, 2.75) is 6.04 Å². The van der Waals surface area contributed by atoms with Gasteiger partial charge in [-0.15, -0.1) is 0 Å². The van der Waals surface area contributed by atoms with Gasteiger partial charge in [-0.2, -0.15) is 9.97 Å². The Morgan fingerprint density at radius 3 is 3.11 bits per heavy atom. The number of nitrogen functional groups attached to an aromatic ring is 1. The van der Waals surface area contributed by atoms with Gasteiger partial charge >= 0.3 is 6.03 Å². The van der Waals surface area contributed by atoms with Crippen LogP contribution in [0.3, 0.4) is 0 Å². The van der Waals surface area contributed by atoms with Crippen LogP contribution >= 0.6 is 0 Å². The fourth-order valence-electron chi connectivity index (χ4n) is 2.51. The minimum absolute atomic E-state index is 0.0180. The molecular formula is C11H16N6O2. The van der Waals surface area contributed by atoms with Crippen LogP contribution in [-0.2, 0) is 0 Å². The second-order valence-electron chi connectivity index (χ2n) is 4.61. The molecule has 1 aromatic rings. The lowest BCUT2D eigenvalue weighted by Gasteiger charge is -2.37. The third-order valence-corrected chi connectivity index (χ3v) is 3.47. The maximum absolute atomic E-state index is 11.5. The summed E-state index contributed by atoms with van der Waals surface area (Å²) in [7, 11) is 1.54. The summed E-state index contributed by atoms with van der Waals surface area (Å²) in [5, 5.41) is 2.85. The zero-order valence-corrected chi connectivity index (χ0v) is 10.7. The predicted molar refractivity (Wildman–Crippen MR) is 69.1 cm³/mol.